The van der Waals surface area contributed by atoms with Crippen LogP contribution in [-0.4, -0.2) is 11.1 Å². The molecule has 3 rings (SSSR count). The van der Waals surface area contributed by atoms with Gasteiger partial charge in [0.05, 0.1) is 11.1 Å². The molecule has 0 fully saturated rings. The topological polar surface area (TPSA) is 34.4 Å². The molecule has 1 aromatic heterocycles. The van der Waals surface area contributed by atoms with E-state index in [1.165, 1.54) is 11.3 Å². The molecule has 0 N–H and O–H groups in total. The first-order chi connectivity index (χ1) is 8.24. The van der Waals surface area contributed by atoms with E-state index >= 15 is 0 Å². The Balaban J connectivity index is 2.17. The Morgan fingerprint density at radius 1 is 1.35 bits per heavy atom. The fourth-order valence-corrected chi connectivity index (χ4v) is 3.07. The average Bonchev–Trinajstić information content (AvgIpc) is 2.87. The number of thiazole rings is 1. The zero-order valence-corrected chi connectivity index (χ0v) is 11.3. The summed E-state index contributed by atoms with van der Waals surface area (Å²) in [6.45, 7) is 1.46. The highest BCUT2D eigenvalue weighted by molar-refractivity contribution is 9.10. The number of rotatable bonds is 1. The van der Waals surface area contributed by atoms with Crippen LogP contribution in [0.15, 0.2) is 38.5 Å². The highest BCUT2D eigenvalue weighted by atomic mass is 79.9. The van der Waals surface area contributed by atoms with E-state index in [1.807, 2.05) is 30.3 Å². The van der Waals surface area contributed by atoms with Crippen LogP contribution < -0.4 is 14.9 Å². The summed E-state index contributed by atoms with van der Waals surface area (Å²) in [5.41, 5.74) is 1.11. The fraction of sp³-hybridized carbons (Fsp3) is 0.167. The van der Waals surface area contributed by atoms with Crippen LogP contribution in [0.5, 0.6) is 0 Å². The Hall–Kier alpha value is -1.20. The van der Waals surface area contributed by atoms with Gasteiger partial charge < -0.3 is 0 Å². The number of nitrogens with zero attached hydrogens (tertiary/aromatic N) is 2. The molecule has 5 heteroatoms. The summed E-state index contributed by atoms with van der Waals surface area (Å²) in [6, 6.07) is 7.90. The van der Waals surface area contributed by atoms with Crippen LogP contribution in [0.1, 0.15) is 5.56 Å². The summed E-state index contributed by atoms with van der Waals surface area (Å²) in [5.74, 6) is 0. The molecule has 1 aromatic carbocycles. The minimum atomic E-state index is 0.0779. The lowest BCUT2D eigenvalue weighted by Crippen LogP contribution is -2.29. The SMILES string of the molecule is O=c1/c(=C/c2ccc(Br)cc2)sc2n1CCN=2. The molecule has 0 radical (unpaired) electrons. The molecule has 0 saturated carbocycles. The monoisotopic (exact) mass is 308 g/mol. The van der Waals surface area contributed by atoms with Crippen LogP contribution in [0.4, 0.5) is 0 Å². The molecule has 0 atom stereocenters. The molecule has 0 bridgehead atoms. The molecule has 86 valence electrons. The van der Waals surface area contributed by atoms with E-state index in [0.29, 0.717) is 0 Å². The molecule has 1 aliphatic heterocycles. The Bertz CT molecular complexity index is 727. The summed E-state index contributed by atoms with van der Waals surface area (Å²) in [5, 5.41) is 0. The predicted octanol–water partition coefficient (Wildman–Crippen LogP) is 1.13. The number of halogens is 1. The normalized spacial score (nSPS) is 14.8. The van der Waals surface area contributed by atoms with Gasteiger partial charge >= 0.3 is 0 Å². The van der Waals surface area contributed by atoms with Crippen molar-refractivity contribution in [1.82, 2.24) is 4.57 Å². The molecule has 0 saturated heterocycles. The van der Waals surface area contributed by atoms with E-state index in [-0.39, 0.29) is 5.56 Å². The van der Waals surface area contributed by atoms with Gasteiger partial charge in [-0.1, -0.05) is 39.4 Å². The van der Waals surface area contributed by atoms with Gasteiger partial charge in [0.25, 0.3) is 5.56 Å². The molecule has 2 aromatic rings. The largest absolute Gasteiger partial charge is 0.282 e. The van der Waals surface area contributed by atoms with E-state index in [9.17, 15) is 4.79 Å². The minimum Gasteiger partial charge on any atom is -0.282 e. The van der Waals surface area contributed by atoms with Crippen LogP contribution in [0.3, 0.4) is 0 Å². The molecule has 0 unspecified atom stereocenters. The Morgan fingerprint density at radius 3 is 2.82 bits per heavy atom. The Labute approximate surface area is 110 Å². The van der Waals surface area contributed by atoms with Gasteiger partial charge in [-0.25, -0.2) is 0 Å². The van der Waals surface area contributed by atoms with Crippen LogP contribution >= 0.6 is 27.3 Å². The third kappa shape index (κ3) is 2.00. The first kappa shape index (κ1) is 10.9. The van der Waals surface area contributed by atoms with Crippen molar-refractivity contribution in [1.29, 1.82) is 0 Å². The summed E-state index contributed by atoms with van der Waals surface area (Å²) in [4.78, 5) is 17.1. The van der Waals surface area contributed by atoms with Crippen molar-refractivity contribution in [2.45, 2.75) is 6.54 Å². The van der Waals surface area contributed by atoms with Crippen molar-refractivity contribution >= 4 is 33.3 Å². The van der Waals surface area contributed by atoms with Gasteiger partial charge in [-0.05, 0) is 23.8 Å². The quantitative estimate of drug-likeness (QED) is 0.778. The maximum absolute atomic E-state index is 12.0. The molecule has 17 heavy (non-hydrogen) atoms. The van der Waals surface area contributed by atoms with Gasteiger partial charge in [-0.2, -0.15) is 0 Å². The lowest BCUT2D eigenvalue weighted by molar-refractivity contribution is 0.740. The highest BCUT2D eigenvalue weighted by Crippen LogP contribution is 2.10. The van der Waals surface area contributed by atoms with E-state index in [2.05, 4.69) is 20.9 Å². The maximum Gasteiger partial charge on any atom is 0.270 e. The number of fused-ring (bicyclic) bond motifs is 1. The van der Waals surface area contributed by atoms with Crippen molar-refractivity contribution < 1.29 is 0 Å². The zero-order valence-electron chi connectivity index (χ0n) is 8.89. The second kappa shape index (κ2) is 4.23. The second-order valence-electron chi connectivity index (χ2n) is 3.78. The van der Waals surface area contributed by atoms with Crippen LogP contribution in [0.2, 0.25) is 0 Å². The summed E-state index contributed by atoms with van der Waals surface area (Å²) >= 11 is 4.85. The molecule has 3 nitrogen and oxygen atoms in total. The van der Waals surface area contributed by atoms with Gasteiger partial charge in [0.15, 0.2) is 4.80 Å². The molecule has 1 aliphatic rings. The molecule has 0 amide bonds. The first-order valence-electron chi connectivity index (χ1n) is 5.25. The van der Waals surface area contributed by atoms with Gasteiger partial charge in [-0.15, -0.1) is 0 Å². The Kier molecular flexibility index (Phi) is 2.72. The number of aromatic nitrogens is 1. The first-order valence-corrected chi connectivity index (χ1v) is 6.86. The molecule has 0 spiro atoms. The zero-order chi connectivity index (χ0) is 11.8. The standard InChI is InChI=1S/C12H9BrN2OS/c13-9-3-1-8(2-4-9)7-10-11(16)15-6-5-14-12(15)17-10/h1-4,7H,5-6H2/b10-7-. The number of hydrogen-bond acceptors (Lipinski definition) is 3. The van der Waals surface area contributed by atoms with Crippen molar-refractivity contribution in [3.63, 3.8) is 0 Å². The van der Waals surface area contributed by atoms with E-state index in [0.717, 1.165) is 32.5 Å². The van der Waals surface area contributed by atoms with E-state index < -0.39 is 0 Å². The second-order valence-corrected chi connectivity index (χ2v) is 5.71. The smallest absolute Gasteiger partial charge is 0.270 e. The number of benzene rings is 1. The van der Waals surface area contributed by atoms with E-state index in [1.54, 1.807) is 4.57 Å². The average molecular weight is 309 g/mol. The molecular formula is C12H9BrN2OS. The van der Waals surface area contributed by atoms with Crippen LogP contribution in [0.25, 0.3) is 6.08 Å². The van der Waals surface area contributed by atoms with Gasteiger partial charge in [0, 0.05) is 11.0 Å². The van der Waals surface area contributed by atoms with Crippen molar-refractivity contribution in [2.75, 3.05) is 6.54 Å². The summed E-state index contributed by atoms with van der Waals surface area (Å²) < 4.78 is 3.54. The third-order valence-corrected chi connectivity index (χ3v) is 4.20. The van der Waals surface area contributed by atoms with E-state index in [4.69, 9.17) is 0 Å². The highest BCUT2D eigenvalue weighted by Gasteiger charge is 2.09. The van der Waals surface area contributed by atoms with Gasteiger partial charge in [-0.3, -0.25) is 14.4 Å². The minimum absolute atomic E-state index is 0.0779. The van der Waals surface area contributed by atoms with Gasteiger partial charge in [0.2, 0.25) is 0 Å². The molecule has 2 heterocycles. The maximum atomic E-state index is 12.0. The van der Waals surface area contributed by atoms with Crippen molar-refractivity contribution in [3.8, 4) is 0 Å². The summed E-state index contributed by atoms with van der Waals surface area (Å²) in [7, 11) is 0. The third-order valence-electron chi connectivity index (χ3n) is 2.63. The fourth-order valence-electron chi connectivity index (χ4n) is 1.78. The number of hydrogen-bond donors (Lipinski definition) is 0. The molecular weight excluding hydrogens is 300 g/mol. The summed E-state index contributed by atoms with van der Waals surface area (Å²) in [6.07, 6.45) is 1.92. The lowest BCUT2D eigenvalue weighted by Gasteiger charge is -1.92. The van der Waals surface area contributed by atoms with Crippen molar-refractivity contribution in [3.05, 3.63) is 54.0 Å². The Morgan fingerprint density at radius 2 is 2.12 bits per heavy atom. The van der Waals surface area contributed by atoms with Crippen molar-refractivity contribution in [2.24, 2.45) is 4.99 Å². The molecule has 0 aliphatic carbocycles. The van der Waals surface area contributed by atoms with Crippen LogP contribution in [-0.2, 0) is 6.54 Å². The predicted molar refractivity (Wildman–Crippen MR) is 71.9 cm³/mol. The lowest BCUT2D eigenvalue weighted by atomic mass is 10.2. The van der Waals surface area contributed by atoms with Crippen LogP contribution in [0, 0.1) is 0 Å². The van der Waals surface area contributed by atoms with Gasteiger partial charge in [0.1, 0.15) is 0 Å².